The van der Waals surface area contributed by atoms with Crippen molar-refractivity contribution in [3.8, 4) is 0 Å². The Bertz CT molecular complexity index is 750. The molecule has 0 spiro atoms. The van der Waals surface area contributed by atoms with Crippen LogP contribution in [-0.4, -0.2) is 24.8 Å². The van der Waals surface area contributed by atoms with Gasteiger partial charge < -0.3 is 0 Å². The molecule has 4 rings (SSSR count). The topological polar surface area (TPSA) is 37.4 Å². The van der Waals surface area contributed by atoms with Gasteiger partial charge in [0.1, 0.15) is 11.6 Å². The Hall–Kier alpha value is -1.27. The molecule has 3 nitrogen and oxygen atoms in total. The summed E-state index contributed by atoms with van der Waals surface area (Å²) >= 11 is 0. The number of fused-ring (bicyclic) bond motifs is 2. The second kappa shape index (κ2) is 5.92. The van der Waals surface area contributed by atoms with Crippen LogP contribution in [0.15, 0.2) is 29.8 Å². The van der Waals surface area contributed by atoms with Gasteiger partial charge >= 0.3 is 0 Å². The third-order valence-electron chi connectivity index (χ3n) is 5.23. The van der Waals surface area contributed by atoms with Crippen LogP contribution in [0.4, 0.5) is 8.78 Å². The maximum atomic E-state index is 13.3. The summed E-state index contributed by atoms with van der Waals surface area (Å²) in [6.45, 7) is 0. The van der Waals surface area contributed by atoms with Crippen molar-refractivity contribution in [2.45, 2.75) is 56.4 Å². The molecule has 1 aliphatic carbocycles. The highest BCUT2D eigenvalue weighted by molar-refractivity contribution is 7.88. The quantitative estimate of drug-likeness (QED) is 0.773. The second-order valence-electron chi connectivity index (χ2n) is 7.32. The molecule has 2 atom stereocenters. The lowest BCUT2D eigenvalue weighted by Gasteiger charge is -2.35. The van der Waals surface area contributed by atoms with Crippen LogP contribution < -0.4 is 0 Å². The van der Waals surface area contributed by atoms with Crippen molar-refractivity contribution in [3.05, 3.63) is 47.0 Å². The van der Waals surface area contributed by atoms with Gasteiger partial charge in [-0.15, -0.1) is 0 Å². The normalized spacial score (nSPS) is 27.5. The van der Waals surface area contributed by atoms with Crippen molar-refractivity contribution in [3.63, 3.8) is 0 Å². The van der Waals surface area contributed by atoms with Gasteiger partial charge in [-0.1, -0.05) is 11.6 Å². The summed E-state index contributed by atoms with van der Waals surface area (Å²) in [7, 11) is -3.57. The number of hydrogen-bond acceptors (Lipinski definition) is 2. The molecular weight excluding hydrogens is 332 g/mol. The van der Waals surface area contributed by atoms with E-state index in [0.717, 1.165) is 43.9 Å². The number of halogens is 2. The van der Waals surface area contributed by atoms with Crippen LogP contribution in [0.5, 0.6) is 0 Å². The number of nitrogens with zero attached hydrogens (tertiary/aromatic N) is 1. The highest BCUT2D eigenvalue weighted by Gasteiger charge is 2.45. The molecule has 1 saturated carbocycles. The summed E-state index contributed by atoms with van der Waals surface area (Å²) < 4.78 is 54.0. The monoisotopic (exact) mass is 353 g/mol. The maximum Gasteiger partial charge on any atom is 0.218 e. The van der Waals surface area contributed by atoms with E-state index < -0.39 is 21.7 Å². The lowest BCUT2D eigenvalue weighted by molar-refractivity contribution is 0.284. The minimum Gasteiger partial charge on any atom is -0.212 e. The average Bonchev–Trinajstić information content (AvgIpc) is 3.21. The first-order valence-corrected chi connectivity index (χ1v) is 10.2. The lowest BCUT2D eigenvalue weighted by atomic mass is 9.98. The van der Waals surface area contributed by atoms with Gasteiger partial charge in [0.15, 0.2) is 0 Å². The Morgan fingerprint density at radius 3 is 2.12 bits per heavy atom. The number of piperidine rings is 1. The lowest BCUT2D eigenvalue weighted by Crippen LogP contribution is -2.45. The fourth-order valence-corrected chi connectivity index (χ4v) is 6.18. The van der Waals surface area contributed by atoms with Crippen LogP contribution in [0.25, 0.3) is 0 Å². The summed E-state index contributed by atoms with van der Waals surface area (Å²) in [6.07, 6.45) is 8.23. The third kappa shape index (κ3) is 3.26. The van der Waals surface area contributed by atoms with Gasteiger partial charge in [0.25, 0.3) is 0 Å². The average molecular weight is 353 g/mol. The fraction of sp³-hybridized carbons (Fsp3) is 0.556. The van der Waals surface area contributed by atoms with Crippen molar-refractivity contribution in [1.82, 2.24) is 4.31 Å². The van der Waals surface area contributed by atoms with Gasteiger partial charge in [0, 0.05) is 18.2 Å². The first-order chi connectivity index (χ1) is 11.4. The van der Waals surface area contributed by atoms with Crippen molar-refractivity contribution < 1.29 is 17.2 Å². The molecule has 0 radical (unpaired) electrons. The summed E-state index contributed by atoms with van der Waals surface area (Å²) in [5, 5.41) is 0. The van der Waals surface area contributed by atoms with E-state index >= 15 is 0 Å². The third-order valence-corrected chi connectivity index (χ3v) is 7.17. The van der Waals surface area contributed by atoms with Crippen LogP contribution in [0, 0.1) is 17.6 Å². The first kappa shape index (κ1) is 16.2. The Balaban J connectivity index is 1.54. The second-order valence-corrected chi connectivity index (χ2v) is 9.19. The number of allylic oxidation sites excluding steroid dienone is 1. The zero-order valence-corrected chi connectivity index (χ0v) is 14.2. The summed E-state index contributed by atoms with van der Waals surface area (Å²) in [5.41, 5.74) is 1.57. The predicted octanol–water partition coefficient (Wildman–Crippen LogP) is 3.76. The molecule has 2 unspecified atom stereocenters. The molecule has 24 heavy (non-hydrogen) atoms. The van der Waals surface area contributed by atoms with Crippen molar-refractivity contribution >= 4 is 10.0 Å². The molecule has 2 bridgehead atoms. The molecule has 2 heterocycles. The summed E-state index contributed by atoms with van der Waals surface area (Å²) in [5.74, 6) is -1.11. The van der Waals surface area contributed by atoms with E-state index in [1.807, 2.05) is 0 Å². The van der Waals surface area contributed by atoms with Gasteiger partial charge in [0.2, 0.25) is 10.0 Å². The van der Waals surface area contributed by atoms with Crippen LogP contribution in [0.2, 0.25) is 0 Å². The minimum atomic E-state index is -3.57. The van der Waals surface area contributed by atoms with Crippen LogP contribution in [0.1, 0.15) is 44.1 Å². The Kier molecular flexibility index (Phi) is 4.00. The molecule has 3 fully saturated rings. The largest absolute Gasteiger partial charge is 0.218 e. The minimum absolute atomic E-state index is 0.0113. The summed E-state index contributed by atoms with van der Waals surface area (Å²) in [6, 6.07) is 2.99. The van der Waals surface area contributed by atoms with Gasteiger partial charge in [-0.05, 0) is 62.1 Å². The maximum absolute atomic E-state index is 13.3. The molecule has 6 heteroatoms. The molecule has 3 aliphatic rings. The molecule has 0 aromatic heterocycles. The van der Waals surface area contributed by atoms with E-state index in [0.29, 0.717) is 5.92 Å². The molecule has 0 N–H and O–H groups in total. The van der Waals surface area contributed by atoms with Crippen LogP contribution >= 0.6 is 0 Å². The van der Waals surface area contributed by atoms with Gasteiger partial charge in [-0.25, -0.2) is 17.2 Å². The van der Waals surface area contributed by atoms with Crippen molar-refractivity contribution in [2.75, 3.05) is 0 Å². The Morgan fingerprint density at radius 1 is 1.00 bits per heavy atom. The van der Waals surface area contributed by atoms with E-state index in [-0.39, 0.29) is 23.4 Å². The molecule has 1 aromatic carbocycles. The Morgan fingerprint density at radius 2 is 1.58 bits per heavy atom. The number of sulfonamides is 1. The van der Waals surface area contributed by atoms with Crippen LogP contribution in [-0.2, 0) is 15.8 Å². The predicted molar refractivity (Wildman–Crippen MR) is 87.7 cm³/mol. The van der Waals surface area contributed by atoms with E-state index in [2.05, 4.69) is 6.08 Å². The SMILES string of the molecule is O=S(=O)(Cc1cc(F)cc(F)c1)N1C2CCC1CC(=CC1CC1)C2. The zero-order valence-electron chi connectivity index (χ0n) is 13.4. The smallest absolute Gasteiger partial charge is 0.212 e. The standard InChI is InChI=1S/C18H21F2NO2S/c19-15-6-14(7-16(20)10-15)11-24(22,23)21-17-3-4-18(21)9-13(8-17)5-12-1-2-12/h5-7,10,12,17-18H,1-4,8-9,11H2. The van der Waals surface area contributed by atoms with E-state index in [1.54, 1.807) is 4.31 Å². The van der Waals surface area contributed by atoms with Gasteiger partial charge in [-0.2, -0.15) is 4.31 Å². The molecule has 130 valence electrons. The number of rotatable bonds is 4. The molecule has 0 amide bonds. The van der Waals surface area contributed by atoms with E-state index in [1.165, 1.54) is 18.4 Å². The molecule has 2 saturated heterocycles. The summed E-state index contributed by atoms with van der Waals surface area (Å²) in [4.78, 5) is 0. The van der Waals surface area contributed by atoms with E-state index in [4.69, 9.17) is 0 Å². The molecular formula is C18H21F2NO2S. The van der Waals surface area contributed by atoms with Crippen molar-refractivity contribution in [2.24, 2.45) is 5.92 Å². The Labute approximate surface area is 141 Å². The zero-order chi connectivity index (χ0) is 16.9. The van der Waals surface area contributed by atoms with Crippen molar-refractivity contribution in [1.29, 1.82) is 0 Å². The fourth-order valence-electron chi connectivity index (χ4n) is 4.18. The first-order valence-electron chi connectivity index (χ1n) is 8.56. The number of hydrogen-bond donors (Lipinski definition) is 0. The van der Waals surface area contributed by atoms with Gasteiger partial charge in [-0.3, -0.25) is 0 Å². The van der Waals surface area contributed by atoms with Gasteiger partial charge in [0.05, 0.1) is 5.75 Å². The highest BCUT2D eigenvalue weighted by Crippen LogP contribution is 2.43. The van der Waals surface area contributed by atoms with E-state index in [9.17, 15) is 17.2 Å². The van der Waals surface area contributed by atoms with Crippen LogP contribution in [0.3, 0.4) is 0 Å². The highest BCUT2D eigenvalue weighted by atomic mass is 32.2. The molecule has 1 aromatic rings. The number of benzene rings is 1. The molecule has 2 aliphatic heterocycles.